The second-order valence-corrected chi connectivity index (χ2v) is 4.63. The van der Waals surface area contributed by atoms with Gasteiger partial charge in [-0.1, -0.05) is 36.4 Å². The van der Waals surface area contributed by atoms with Crippen molar-refractivity contribution in [3.8, 4) is 5.75 Å². The number of rotatable bonds is 5. The molecule has 2 aromatic carbocycles. The van der Waals surface area contributed by atoms with Crippen LogP contribution >= 0.6 is 0 Å². The third-order valence-electron chi connectivity index (χ3n) is 3.22. The van der Waals surface area contributed by atoms with E-state index in [4.69, 9.17) is 16.2 Å². The third kappa shape index (κ3) is 3.56. The summed E-state index contributed by atoms with van der Waals surface area (Å²) in [5.74, 6) is 0.844. The van der Waals surface area contributed by atoms with Crippen LogP contribution in [0.15, 0.2) is 48.5 Å². The van der Waals surface area contributed by atoms with E-state index in [-0.39, 0.29) is 6.04 Å². The molecule has 0 radical (unpaired) electrons. The molecule has 0 aliphatic carbocycles. The largest absolute Gasteiger partial charge is 0.489 e. The molecule has 0 saturated carbocycles. The average molecular weight is 256 g/mol. The zero-order chi connectivity index (χ0) is 13.7. The fourth-order valence-electron chi connectivity index (χ4n) is 1.88. The molecule has 0 aliphatic heterocycles. The van der Waals surface area contributed by atoms with Crippen LogP contribution in [0.1, 0.15) is 22.7 Å². The Morgan fingerprint density at radius 2 is 1.74 bits per heavy atom. The fraction of sp³-hybridized carbons (Fsp3) is 0.250. The van der Waals surface area contributed by atoms with Gasteiger partial charge in [-0.25, -0.2) is 0 Å². The van der Waals surface area contributed by atoms with Crippen molar-refractivity contribution < 1.29 is 4.74 Å². The summed E-state index contributed by atoms with van der Waals surface area (Å²) >= 11 is 0. The second kappa shape index (κ2) is 6.36. The van der Waals surface area contributed by atoms with Gasteiger partial charge in [-0.15, -0.1) is 0 Å². The van der Waals surface area contributed by atoms with Crippen LogP contribution in [-0.4, -0.2) is 6.54 Å². The molecular weight excluding hydrogens is 236 g/mol. The minimum absolute atomic E-state index is 0.106. The monoisotopic (exact) mass is 256 g/mol. The molecule has 0 saturated heterocycles. The molecule has 0 bridgehead atoms. The Kier molecular flexibility index (Phi) is 4.55. The first-order valence-corrected chi connectivity index (χ1v) is 6.43. The molecule has 0 aliphatic rings. The minimum atomic E-state index is -0.106. The lowest BCUT2D eigenvalue weighted by Gasteiger charge is -2.11. The standard InChI is InChI=1S/C16H20N2O/c1-12-4-2-3-5-14(12)11-19-15-8-6-13(7-9-15)16(18)10-17/h2-9,16H,10-11,17-18H2,1H3. The lowest BCUT2D eigenvalue weighted by molar-refractivity contribution is 0.305. The van der Waals surface area contributed by atoms with E-state index in [1.165, 1.54) is 11.1 Å². The molecule has 4 N–H and O–H groups in total. The summed E-state index contributed by atoms with van der Waals surface area (Å²) in [6.45, 7) is 3.11. The highest BCUT2D eigenvalue weighted by molar-refractivity contribution is 5.30. The van der Waals surface area contributed by atoms with Crippen LogP contribution in [0.5, 0.6) is 5.75 Å². The van der Waals surface area contributed by atoms with Crippen LogP contribution in [0.4, 0.5) is 0 Å². The van der Waals surface area contributed by atoms with Gasteiger partial charge in [0.1, 0.15) is 12.4 Å². The smallest absolute Gasteiger partial charge is 0.119 e. The highest BCUT2D eigenvalue weighted by Crippen LogP contribution is 2.18. The van der Waals surface area contributed by atoms with E-state index >= 15 is 0 Å². The van der Waals surface area contributed by atoms with E-state index in [2.05, 4.69) is 19.1 Å². The maximum absolute atomic E-state index is 5.86. The first-order chi connectivity index (χ1) is 9.20. The Morgan fingerprint density at radius 1 is 1.05 bits per heavy atom. The van der Waals surface area contributed by atoms with Crippen molar-refractivity contribution in [2.75, 3.05) is 6.54 Å². The van der Waals surface area contributed by atoms with Gasteiger partial charge in [-0.05, 0) is 35.7 Å². The molecule has 3 nitrogen and oxygen atoms in total. The van der Waals surface area contributed by atoms with Crippen molar-refractivity contribution >= 4 is 0 Å². The Labute approximate surface area is 114 Å². The van der Waals surface area contributed by atoms with E-state index in [0.29, 0.717) is 13.2 Å². The Hall–Kier alpha value is -1.84. The molecule has 0 heterocycles. The molecule has 0 aromatic heterocycles. The molecule has 0 fully saturated rings. The maximum Gasteiger partial charge on any atom is 0.119 e. The van der Waals surface area contributed by atoms with Crippen molar-refractivity contribution in [1.29, 1.82) is 0 Å². The molecule has 1 atom stereocenters. The molecule has 2 aromatic rings. The second-order valence-electron chi connectivity index (χ2n) is 4.63. The number of aryl methyl sites for hydroxylation is 1. The minimum Gasteiger partial charge on any atom is -0.489 e. The molecule has 3 heteroatoms. The van der Waals surface area contributed by atoms with Gasteiger partial charge in [0.05, 0.1) is 0 Å². The summed E-state index contributed by atoms with van der Waals surface area (Å²) in [6.07, 6.45) is 0. The summed E-state index contributed by atoms with van der Waals surface area (Å²) in [5.41, 5.74) is 14.9. The van der Waals surface area contributed by atoms with Gasteiger partial charge in [0.25, 0.3) is 0 Å². The van der Waals surface area contributed by atoms with Gasteiger partial charge in [0, 0.05) is 12.6 Å². The van der Waals surface area contributed by atoms with Crippen molar-refractivity contribution in [2.45, 2.75) is 19.6 Å². The van der Waals surface area contributed by atoms with Gasteiger partial charge >= 0.3 is 0 Å². The SMILES string of the molecule is Cc1ccccc1COc1ccc(C(N)CN)cc1. The molecule has 0 spiro atoms. The molecule has 1 unspecified atom stereocenters. The number of nitrogens with two attached hydrogens (primary N) is 2. The summed E-state index contributed by atoms with van der Waals surface area (Å²) in [6, 6.07) is 15.9. The van der Waals surface area contributed by atoms with Crippen LogP contribution in [-0.2, 0) is 6.61 Å². The normalized spacial score (nSPS) is 12.2. The predicted molar refractivity (Wildman–Crippen MR) is 77.9 cm³/mol. The van der Waals surface area contributed by atoms with Crippen LogP contribution in [0.3, 0.4) is 0 Å². The highest BCUT2D eigenvalue weighted by atomic mass is 16.5. The van der Waals surface area contributed by atoms with Gasteiger partial charge in [-0.3, -0.25) is 0 Å². The molecule has 0 amide bonds. The molecule has 100 valence electrons. The Morgan fingerprint density at radius 3 is 2.37 bits per heavy atom. The van der Waals surface area contributed by atoms with E-state index in [0.717, 1.165) is 11.3 Å². The van der Waals surface area contributed by atoms with E-state index in [1.54, 1.807) is 0 Å². The zero-order valence-corrected chi connectivity index (χ0v) is 11.2. The first kappa shape index (κ1) is 13.6. The van der Waals surface area contributed by atoms with Crippen LogP contribution in [0.25, 0.3) is 0 Å². The van der Waals surface area contributed by atoms with Gasteiger partial charge < -0.3 is 16.2 Å². The predicted octanol–water partition coefficient (Wildman–Crippen LogP) is 2.53. The third-order valence-corrected chi connectivity index (χ3v) is 3.22. The van der Waals surface area contributed by atoms with Crippen molar-refractivity contribution in [3.05, 3.63) is 65.2 Å². The number of ether oxygens (including phenoxy) is 1. The molecule has 19 heavy (non-hydrogen) atoms. The lowest BCUT2D eigenvalue weighted by Crippen LogP contribution is -2.20. The summed E-state index contributed by atoms with van der Waals surface area (Å²) in [4.78, 5) is 0. The van der Waals surface area contributed by atoms with E-state index < -0.39 is 0 Å². The zero-order valence-electron chi connectivity index (χ0n) is 11.2. The topological polar surface area (TPSA) is 61.3 Å². The van der Waals surface area contributed by atoms with Crippen LogP contribution in [0.2, 0.25) is 0 Å². The van der Waals surface area contributed by atoms with Crippen LogP contribution in [0, 0.1) is 6.92 Å². The van der Waals surface area contributed by atoms with Gasteiger partial charge in [0.2, 0.25) is 0 Å². The summed E-state index contributed by atoms with van der Waals surface area (Å²) in [5, 5.41) is 0. The average Bonchev–Trinajstić information content (AvgIpc) is 2.46. The molecular formula is C16H20N2O. The lowest BCUT2D eigenvalue weighted by atomic mass is 10.1. The number of benzene rings is 2. The quantitative estimate of drug-likeness (QED) is 0.864. The van der Waals surface area contributed by atoms with Crippen molar-refractivity contribution in [2.24, 2.45) is 11.5 Å². The maximum atomic E-state index is 5.86. The Balaban J connectivity index is 1.99. The Bertz CT molecular complexity index is 523. The van der Waals surface area contributed by atoms with Gasteiger partial charge in [0.15, 0.2) is 0 Å². The van der Waals surface area contributed by atoms with Crippen LogP contribution < -0.4 is 16.2 Å². The van der Waals surface area contributed by atoms with E-state index in [1.807, 2.05) is 36.4 Å². The van der Waals surface area contributed by atoms with E-state index in [9.17, 15) is 0 Å². The fourth-order valence-corrected chi connectivity index (χ4v) is 1.88. The van der Waals surface area contributed by atoms with Crippen molar-refractivity contribution in [3.63, 3.8) is 0 Å². The van der Waals surface area contributed by atoms with Gasteiger partial charge in [-0.2, -0.15) is 0 Å². The summed E-state index contributed by atoms with van der Waals surface area (Å²) < 4.78 is 5.77. The highest BCUT2D eigenvalue weighted by Gasteiger charge is 2.04. The number of hydrogen-bond acceptors (Lipinski definition) is 3. The first-order valence-electron chi connectivity index (χ1n) is 6.43. The van der Waals surface area contributed by atoms with Crippen molar-refractivity contribution in [1.82, 2.24) is 0 Å². The molecule has 2 rings (SSSR count). The summed E-state index contributed by atoms with van der Waals surface area (Å²) in [7, 11) is 0. The number of hydrogen-bond donors (Lipinski definition) is 2.